The number of rotatable bonds is 2. The van der Waals surface area contributed by atoms with Crippen LogP contribution in [0, 0.1) is 0 Å². The fourth-order valence-electron chi connectivity index (χ4n) is 2.67. The van der Waals surface area contributed by atoms with Crippen LogP contribution < -0.4 is 5.36 Å². The van der Waals surface area contributed by atoms with Gasteiger partial charge in [0.15, 0.2) is 0 Å². The van der Waals surface area contributed by atoms with E-state index >= 15 is 0 Å². The fraction of sp³-hybridized carbons (Fsp3) is 0. The third-order valence-corrected chi connectivity index (χ3v) is 4.11. The number of hydrogen-bond donors (Lipinski definition) is 1. The highest BCUT2D eigenvalue weighted by atomic mass is 35.5. The first kappa shape index (κ1) is 15.5. The summed E-state index contributed by atoms with van der Waals surface area (Å²) in [5, 5.41) is 12.0. The summed E-state index contributed by atoms with van der Waals surface area (Å²) in [5.41, 5.74) is 2.34. The van der Waals surface area contributed by atoms with E-state index in [9.17, 15) is 5.11 Å². The van der Waals surface area contributed by atoms with Crippen molar-refractivity contribution in [3.8, 4) is 17.1 Å². The second-order valence-electron chi connectivity index (χ2n) is 5.63. The van der Waals surface area contributed by atoms with Crippen molar-refractivity contribution in [2.75, 3.05) is 0 Å². The minimum Gasteiger partial charge on any atom is -0.508 e. The molecule has 122 valence electrons. The van der Waals surface area contributed by atoms with Gasteiger partial charge >= 0.3 is 0 Å². The number of halogens is 1. The van der Waals surface area contributed by atoms with Crippen LogP contribution in [-0.2, 0) is 0 Å². The van der Waals surface area contributed by atoms with Crippen molar-refractivity contribution in [2.24, 2.45) is 4.99 Å². The Kier molecular flexibility index (Phi) is 4.00. The second-order valence-corrected chi connectivity index (χ2v) is 6.07. The lowest BCUT2D eigenvalue weighted by Crippen LogP contribution is -2.02. The summed E-state index contributed by atoms with van der Waals surface area (Å²) in [6, 6.07) is 24.0. The maximum Gasteiger partial charge on any atom is 0.136 e. The van der Waals surface area contributed by atoms with Gasteiger partial charge in [-0.25, -0.2) is 4.99 Å². The maximum atomic E-state index is 9.67. The van der Waals surface area contributed by atoms with Crippen molar-refractivity contribution in [2.45, 2.75) is 0 Å². The van der Waals surface area contributed by atoms with Crippen LogP contribution in [0.2, 0.25) is 5.02 Å². The Balaban J connectivity index is 1.97. The van der Waals surface area contributed by atoms with E-state index < -0.39 is 0 Å². The van der Waals surface area contributed by atoms with Gasteiger partial charge in [-0.05, 0) is 48.5 Å². The number of benzene rings is 3. The molecular weight excluding hydrogens is 334 g/mol. The minimum absolute atomic E-state index is 0.184. The maximum absolute atomic E-state index is 9.67. The van der Waals surface area contributed by atoms with Crippen molar-refractivity contribution in [3.05, 3.63) is 89.2 Å². The lowest BCUT2D eigenvalue weighted by Gasteiger charge is -2.05. The predicted molar refractivity (Wildman–Crippen MR) is 100.0 cm³/mol. The molecule has 0 atom stereocenters. The zero-order valence-electron chi connectivity index (χ0n) is 13.2. The average Bonchev–Trinajstić information content (AvgIpc) is 2.62. The lowest BCUT2D eigenvalue weighted by atomic mass is 10.1. The number of fused-ring (bicyclic) bond motifs is 1. The highest BCUT2D eigenvalue weighted by Gasteiger charge is 2.06. The van der Waals surface area contributed by atoms with E-state index in [0.717, 1.165) is 21.9 Å². The van der Waals surface area contributed by atoms with Crippen LogP contribution in [0.5, 0.6) is 5.75 Å². The van der Waals surface area contributed by atoms with E-state index in [1.165, 1.54) is 0 Å². The summed E-state index contributed by atoms with van der Waals surface area (Å²) >= 11 is 5.97. The topological polar surface area (TPSA) is 45.7 Å². The third-order valence-electron chi connectivity index (χ3n) is 3.86. The van der Waals surface area contributed by atoms with Crippen LogP contribution in [0.25, 0.3) is 22.3 Å². The molecule has 0 aliphatic rings. The first-order valence-corrected chi connectivity index (χ1v) is 8.19. The minimum atomic E-state index is 0.184. The van der Waals surface area contributed by atoms with Crippen LogP contribution in [0.3, 0.4) is 0 Å². The molecule has 0 saturated heterocycles. The van der Waals surface area contributed by atoms with Gasteiger partial charge < -0.3 is 9.52 Å². The van der Waals surface area contributed by atoms with Gasteiger partial charge in [-0.15, -0.1) is 0 Å². The summed E-state index contributed by atoms with van der Waals surface area (Å²) in [5.74, 6) is 0.887. The van der Waals surface area contributed by atoms with Gasteiger partial charge in [0.25, 0.3) is 0 Å². The molecule has 0 saturated carbocycles. The molecule has 0 aliphatic heterocycles. The van der Waals surface area contributed by atoms with Crippen LogP contribution in [-0.4, -0.2) is 5.11 Å². The van der Waals surface area contributed by atoms with Gasteiger partial charge in [0, 0.05) is 28.1 Å². The van der Waals surface area contributed by atoms with Crippen molar-refractivity contribution in [1.29, 1.82) is 0 Å². The summed E-state index contributed by atoms with van der Waals surface area (Å²) < 4.78 is 6.04. The van der Waals surface area contributed by atoms with E-state index in [0.29, 0.717) is 16.5 Å². The van der Waals surface area contributed by atoms with E-state index in [2.05, 4.69) is 4.99 Å². The Morgan fingerprint density at radius 1 is 0.840 bits per heavy atom. The first-order valence-electron chi connectivity index (χ1n) is 7.82. The Labute approximate surface area is 149 Å². The molecule has 3 nitrogen and oxygen atoms in total. The molecule has 0 unspecified atom stereocenters. The largest absolute Gasteiger partial charge is 0.508 e. The quantitative estimate of drug-likeness (QED) is 0.506. The summed E-state index contributed by atoms with van der Waals surface area (Å²) in [6.45, 7) is 0. The Bertz CT molecular complexity index is 1110. The van der Waals surface area contributed by atoms with E-state index in [1.54, 1.807) is 18.2 Å². The summed E-state index contributed by atoms with van der Waals surface area (Å²) in [4.78, 5) is 4.69. The molecule has 0 bridgehead atoms. The van der Waals surface area contributed by atoms with E-state index in [1.807, 2.05) is 60.7 Å². The van der Waals surface area contributed by atoms with Gasteiger partial charge in [0.2, 0.25) is 0 Å². The van der Waals surface area contributed by atoms with Crippen LogP contribution in [0.1, 0.15) is 0 Å². The van der Waals surface area contributed by atoms with Gasteiger partial charge in [-0.1, -0.05) is 29.8 Å². The molecule has 1 aromatic heterocycles. The second kappa shape index (κ2) is 6.46. The molecule has 4 aromatic rings. The highest BCUT2D eigenvalue weighted by molar-refractivity contribution is 6.30. The Morgan fingerprint density at radius 3 is 2.44 bits per heavy atom. The third kappa shape index (κ3) is 3.28. The van der Waals surface area contributed by atoms with Gasteiger partial charge in [0.1, 0.15) is 17.1 Å². The number of aromatic hydroxyl groups is 1. The number of nitrogens with zero attached hydrogens (tertiary/aromatic N) is 1. The summed E-state index contributed by atoms with van der Waals surface area (Å²) in [6.07, 6.45) is 0. The molecule has 0 aliphatic carbocycles. The molecule has 25 heavy (non-hydrogen) atoms. The Hall–Kier alpha value is -3.04. The monoisotopic (exact) mass is 347 g/mol. The smallest absolute Gasteiger partial charge is 0.136 e. The molecule has 0 radical (unpaired) electrons. The SMILES string of the molecule is Oc1cccc(N=c2cc(-c3ccc(Cl)cc3)oc3ccccc23)c1. The number of para-hydroxylation sites is 1. The van der Waals surface area contributed by atoms with Crippen LogP contribution in [0.15, 0.2) is 88.3 Å². The molecular formula is C21H14ClNO2. The molecule has 0 spiro atoms. The van der Waals surface area contributed by atoms with Crippen molar-refractivity contribution in [3.63, 3.8) is 0 Å². The Morgan fingerprint density at radius 2 is 1.64 bits per heavy atom. The molecule has 0 fully saturated rings. The van der Waals surface area contributed by atoms with Crippen molar-refractivity contribution >= 4 is 28.3 Å². The first-order chi connectivity index (χ1) is 12.2. The molecule has 4 rings (SSSR count). The number of hydrogen-bond acceptors (Lipinski definition) is 3. The zero-order chi connectivity index (χ0) is 17.2. The fourth-order valence-corrected chi connectivity index (χ4v) is 2.79. The standard InChI is InChI=1S/C21H14ClNO2/c22-15-10-8-14(9-11-15)21-13-19(18-6-1-2-7-20(18)25-21)23-16-4-3-5-17(24)12-16/h1-13,24H. The van der Waals surface area contributed by atoms with Gasteiger partial charge in [0.05, 0.1) is 11.0 Å². The van der Waals surface area contributed by atoms with Crippen molar-refractivity contribution < 1.29 is 9.52 Å². The highest BCUT2D eigenvalue weighted by Crippen LogP contribution is 2.24. The van der Waals surface area contributed by atoms with E-state index in [-0.39, 0.29) is 5.75 Å². The summed E-state index contributed by atoms with van der Waals surface area (Å²) in [7, 11) is 0. The van der Waals surface area contributed by atoms with Crippen LogP contribution >= 0.6 is 11.6 Å². The molecule has 1 heterocycles. The average molecular weight is 348 g/mol. The van der Waals surface area contributed by atoms with Crippen molar-refractivity contribution in [1.82, 2.24) is 0 Å². The van der Waals surface area contributed by atoms with Gasteiger partial charge in [-0.3, -0.25) is 0 Å². The lowest BCUT2D eigenvalue weighted by molar-refractivity contribution is 0.475. The molecule has 3 aromatic carbocycles. The predicted octanol–water partition coefficient (Wildman–Crippen LogP) is 5.69. The van der Waals surface area contributed by atoms with Gasteiger partial charge in [-0.2, -0.15) is 0 Å². The molecule has 4 heteroatoms. The normalized spacial score (nSPS) is 11.8. The number of phenols is 1. The number of phenolic OH excluding ortho intramolecular Hbond substituents is 1. The molecule has 0 amide bonds. The zero-order valence-corrected chi connectivity index (χ0v) is 13.9. The van der Waals surface area contributed by atoms with Crippen LogP contribution in [0.4, 0.5) is 5.69 Å². The van der Waals surface area contributed by atoms with E-state index in [4.69, 9.17) is 16.0 Å². The molecule has 1 N–H and O–H groups in total.